The first-order valence-corrected chi connectivity index (χ1v) is 7.90. The summed E-state index contributed by atoms with van der Waals surface area (Å²) in [5.41, 5.74) is 3.29. The molecule has 1 aliphatic rings. The minimum absolute atomic E-state index is 0.227. The molecule has 108 valence electrons. The van der Waals surface area contributed by atoms with E-state index in [1.807, 2.05) is 41.3 Å². The van der Waals surface area contributed by atoms with E-state index in [1.165, 1.54) is 5.56 Å². The Morgan fingerprint density at radius 1 is 1.05 bits per heavy atom. The van der Waals surface area contributed by atoms with Gasteiger partial charge in [0.25, 0.3) is 0 Å². The van der Waals surface area contributed by atoms with Crippen LogP contribution < -0.4 is 10.2 Å². The Balaban J connectivity index is 1.62. The summed E-state index contributed by atoms with van der Waals surface area (Å²) < 4.78 is 1.09. The number of rotatable bonds is 4. The topological polar surface area (TPSA) is 32.3 Å². The van der Waals surface area contributed by atoms with Crippen LogP contribution in [0.1, 0.15) is 18.4 Å². The molecule has 0 atom stereocenters. The number of halogens is 1. The number of carbonyl (C=O) groups excluding carboxylic acids is 1. The van der Waals surface area contributed by atoms with Crippen molar-refractivity contribution < 1.29 is 4.79 Å². The van der Waals surface area contributed by atoms with Gasteiger partial charge < -0.3 is 10.2 Å². The zero-order valence-electron chi connectivity index (χ0n) is 11.7. The van der Waals surface area contributed by atoms with Crippen molar-refractivity contribution in [3.8, 4) is 0 Å². The van der Waals surface area contributed by atoms with Gasteiger partial charge in [0, 0.05) is 35.4 Å². The lowest BCUT2D eigenvalue weighted by molar-refractivity contribution is -0.117. The van der Waals surface area contributed by atoms with Crippen LogP contribution in [-0.2, 0) is 11.3 Å². The fourth-order valence-electron chi connectivity index (χ4n) is 2.49. The molecule has 3 nitrogen and oxygen atoms in total. The van der Waals surface area contributed by atoms with Crippen LogP contribution in [0.2, 0.25) is 0 Å². The summed E-state index contributed by atoms with van der Waals surface area (Å²) in [6.07, 6.45) is 1.63. The summed E-state index contributed by atoms with van der Waals surface area (Å²) in [6.45, 7) is 1.62. The molecular weight excluding hydrogens is 328 g/mol. The summed E-state index contributed by atoms with van der Waals surface area (Å²) in [5, 5.41) is 3.39. The van der Waals surface area contributed by atoms with Gasteiger partial charge in [-0.3, -0.25) is 4.79 Å². The molecule has 0 saturated carbocycles. The van der Waals surface area contributed by atoms with Gasteiger partial charge in [-0.25, -0.2) is 0 Å². The van der Waals surface area contributed by atoms with Crippen LogP contribution >= 0.6 is 15.9 Å². The number of benzene rings is 2. The second kappa shape index (κ2) is 6.31. The predicted molar refractivity (Wildman–Crippen MR) is 89.5 cm³/mol. The molecule has 0 bridgehead atoms. The molecule has 1 amide bonds. The van der Waals surface area contributed by atoms with Gasteiger partial charge in [0.1, 0.15) is 0 Å². The number of amides is 1. The maximum Gasteiger partial charge on any atom is 0.227 e. The van der Waals surface area contributed by atoms with Crippen molar-refractivity contribution in [2.24, 2.45) is 0 Å². The van der Waals surface area contributed by atoms with Gasteiger partial charge in [-0.2, -0.15) is 0 Å². The van der Waals surface area contributed by atoms with E-state index in [9.17, 15) is 4.79 Å². The van der Waals surface area contributed by atoms with Gasteiger partial charge in [0.2, 0.25) is 5.91 Å². The number of nitrogens with one attached hydrogen (secondary N) is 1. The first kappa shape index (κ1) is 14.1. The van der Waals surface area contributed by atoms with Gasteiger partial charge in [0.15, 0.2) is 0 Å². The second-order valence-electron chi connectivity index (χ2n) is 5.18. The van der Waals surface area contributed by atoms with Gasteiger partial charge in [-0.1, -0.05) is 28.1 Å². The minimum atomic E-state index is 0.227. The minimum Gasteiger partial charge on any atom is -0.381 e. The van der Waals surface area contributed by atoms with Gasteiger partial charge in [-0.05, 0) is 48.4 Å². The molecule has 0 unspecified atom stereocenters. The van der Waals surface area contributed by atoms with E-state index in [4.69, 9.17) is 0 Å². The number of nitrogens with zero attached hydrogens (tertiary/aromatic N) is 1. The average Bonchev–Trinajstić information content (AvgIpc) is 2.93. The van der Waals surface area contributed by atoms with Crippen molar-refractivity contribution in [1.82, 2.24) is 0 Å². The highest BCUT2D eigenvalue weighted by Crippen LogP contribution is 2.23. The Morgan fingerprint density at radius 3 is 2.38 bits per heavy atom. The first-order valence-electron chi connectivity index (χ1n) is 7.11. The third-order valence-electron chi connectivity index (χ3n) is 3.66. The Morgan fingerprint density at radius 2 is 1.76 bits per heavy atom. The highest BCUT2D eigenvalue weighted by molar-refractivity contribution is 9.10. The standard InChI is InChI=1S/C17H17BrN2O/c18-14-5-3-13(4-6-14)12-19-15-7-9-16(10-8-15)20-11-1-2-17(20)21/h3-10,19H,1-2,11-12H2. The van der Waals surface area contributed by atoms with Gasteiger partial charge in [0.05, 0.1) is 0 Å². The highest BCUT2D eigenvalue weighted by Gasteiger charge is 2.21. The summed E-state index contributed by atoms with van der Waals surface area (Å²) in [4.78, 5) is 13.6. The molecule has 4 heteroatoms. The van der Waals surface area contributed by atoms with Crippen molar-refractivity contribution in [1.29, 1.82) is 0 Å². The van der Waals surface area contributed by atoms with Crippen molar-refractivity contribution in [2.75, 3.05) is 16.8 Å². The van der Waals surface area contributed by atoms with E-state index in [0.29, 0.717) is 6.42 Å². The van der Waals surface area contributed by atoms with Gasteiger partial charge >= 0.3 is 0 Å². The van der Waals surface area contributed by atoms with Crippen molar-refractivity contribution in [2.45, 2.75) is 19.4 Å². The molecule has 1 heterocycles. The lowest BCUT2D eigenvalue weighted by atomic mass is 10.2. The molecule has 1 aliphatic heterocycles. The van der Waals surface area contributed by atoms with Crippen molar-refractivity contribution in [3.63, 3.8) is 0 Å². The molecular formula is C17H17BrN2O. The molecule has 3 rings (SSSR count). The Hall–Kier alpha value is -1.81. The summed E-state index contributed by atoms with van der Waals surface area (Å²) in [6, 6.07) is 16.3. The SMILES string of the molecule is O=C1CCCN1c1ccc(NCc2ccc(Br)cc2)cc1. The third kappa shape index (κ3) is 3.45. The first-order chi connectivity index (χ1) is 10.2. The molecule has 0 aliphatic carbocycles. The monoisotopic (exact) mass is 344 g/mol. The van der Waals surface area contributed by atoms with Crippen LogP contribution in [0, 0.1) is 0 Å². The van der Waals surface area contributed by atoms with Crippen LogP contribution in [0.15, 0.2) is 53.0 Å². The van der Waals surface area contributed by atoms with Crippen LogP contribution in [0.25, 0.3) is 0 Å². The van der Waals surface area contributed by atoms with Crippen molar-refractivity contribution in [3.05, 3.63) is 58.6 Å². The quantitative estimate of drug-likeness (QED) is 0.901. The maximum absolute atomic E-state index is 11.7. The number of anilines is 2. The maximum atomic E-state index is 11.7. The highest BCUT2D eigenvalue weighted by atomic mass is 79.9. The second-order valence-corrected chi connectivity index (χ2v) is 6.09. The fraction of sp³-hybridized carbons (Fsp3) is 0.235. The predicted octanol–water partition coefficient (Wildman–Crippen LogP) is 4.19. The third-order valence-corrected chi connectivity index (χ3v) is 4.19. The molecule has 0 aromatic heterocycles. The van der Waals surface area contributed by atoms with E-state index in [1.54, 1.807) is 0 Å². The van der Waals surface area contributed by atoms with E-state index in [2.05, 4.69) is 33.4 Å². The molecule has 2 aromatic carbocycles. The molecule has 1 N–H and O–H groups in total. The number of hydrogen-bond acceptors (Lipinski definition) is 2. The van der Waals surface area contributed by atoms with Crippen LogP contribution in [0.5, 0.6) is 0 Å². The van der Waals surface area contributed by atoms with Crippen LogP contribution in [0.4, 0.5) is 11.4 Å². The number of carbonyl (C=O) groups is 1. The Bertz CT molecular complexity index is 622. The Kier molecular flexibility index (Phi) is 4.25. The van der Waals surface area contributed by atoms with Crippen molar-refractivity contribution >= 4 is 33.2 Å². The zero-order valence-corrected chi connectivity index (χ0v) is 13.3. The zero-order chi connectivity index (χ0) is 14.7. The molecule has 21 heavy (non-hydrogen) atoms. The molecule has 0 spiro atoms. The van der Waals surface area contributed by atoms with E-state index in [-0.39, 0.29) is 5.91 Å². The average molecular weight is 345 g/mol. The Labute approximate surface area is 133 Å². The fourth-order valence-corrected chi connectivity index (χ4v) is 2.75. The summed E-state index contributed by atoms with van der Waals surface area (Å²) >= 11 is 3.43. The lowest BCUT2D eigenvalue weighted by Gasteiger charge is -2.16. The smallest absolute Gasteiger partial charge is 0.227 e. The number of hydrogen-bond donors (Lipinski definition) is 1. The molecule has 1 fully saturated rings. The summed E-state index contributed by atoms with van der Waals surface area (Å²) in [5.74, 6) is 0.227. The van der Waals surface area contributed by atoms with E-state index in [0.717, 1.165) is 35.4 Å². The van der Waals surface area contributed by atoms with Crippen LogP contribution in [-0.4, -0.2) is 12.5 Å². The molecule has 0 radical (unpaired) electrons. The molecule has 2 aromatic rings. The largest absolute Gasteiger partial charge is 0.381 e. The normalized spacial score (nSPS) is 14.5. The lowest BCUT2D eigenvalue weighted by Crippen LogP contribution is -2.23. The van der Waals surface area contributed by atoms with Crippen LogP contribution in [0.3, 0.4) is 0 Å². The summed E-state index contributed by atoms with van der Waals surface area (Å²) in [7, 11) is 0. The van der Waals surface area contributed by atoms with E-state index < -0.39 is 0 Å². The van der Waals surface area contributed by atoms with E-state index >= 15 is 0 Å². The van der Waals surface area contributed by atoms with Gasteiger partial charge in [-0.15, -0.1) is 0 Å². The molecule has 1 saturated heterocycles.